The zero-order valence-corrected chi connectivity index (χ0v) is 16.8. The Bertz CT molecular complexity index is 883. The molecule has 1 amide bonds. The maximum absolute atomic E-state index is 12.9. The Hall–Kier alpha value is -2.29. The number of nitrogens with one attached hydrogen (secondary N) is 2. The zero-order valence-electron chi connectivity index (χ0n) is 15.9. The lowest BCUT2D eigenvalue weighted by atomic mass is 10.1. The van der Waals surface area contributed by atoms with Crippen LogP contribution in [0.5, 0.6) is 0 Å². The monoisotopic (exact) mass is 408 g/mol. The van der Waals surface area contributed by atoms with Gasteiger partial charge in [0, 0.05) is 19.5 Å². The number of hydrogen-bond donors (Lipinski definition) is 2. The van der Waals surface area contributed by atoms with Crippen LogP contribution in [-0.2, 0) is 32.7 Å². The molecule has 0 aromatic heterocycles. The summed E-state index contributed by atoms with van der Waals surface area (Å²) in [6.07, 6.45) is 0.137. The summed E-state index contributed by atoms with van der Waals surface area (Å²) in [7, 11) is -3.77. The van der Waals surface area contributed by atoms with Gasteiger partial charge in [0.2, 0.25) is 15.9 Å². The smallest absolute Gasteiger partial charge is 0.240 e. The molecule has 0 fully saturated rings. The highest BCUT2D eigenvalue weighted by atomic mass is 32.2. The van der Waals surface area contributed by atoms with Gasteiger partial charge in [-0.2, -0.15) is 0 Å². The molecule has 0 aliphatic heterocycles. The third kappa shape index (κ3) is 7.38. The van der Waals surface area contributed by atoms with Crippen molar-refractivity contribution >= 4 is 15.9 Å². The van der Waals surface area contributed by atoms with Crippen LogP contribution in [0.1, 0.15) is 31.4 Å². The fraction of sp³-hybridized carbons (Fsp3) is 0.350. The van der Waals surface area contributed by atoms with E-state index < -0.39 is 15.8 Å². The van der Waals surface area contributed by atoms with Gasteiger partial charge in [0.05, 0.1) is 17.6 Å². The van der Waals surface area contributed by atoms with E-state index in [0.29, 0.717) is 13.2 Å². The zero-order chi connectivity index (χ0) is 20.6. The van der Waals surface area contributed by atoms with Crippen LogP contribution in [0.2, 0.25) is 0 Å². The minimum atomic E-state index is -3.77. The molecule has 0 heterocycles. The van der Waals surface area contributed by atoms with Crippen molar-refractivity contribution in [3.63, 3.8) is 0 Å². The minimum absolute atomic E-state index is 0.00340. The number of halogens is 1. The molecule has 0 aliphatic rings. The third-order valence-corrected chi connectivity index (χ3v) is 5.31. The maximum Gasteiger partial charge on any atom is 0.240 e. The van der Waals surface area contributed by atoms with E-state index in [-0.39, 0.29) is 29.9 Å². The Labute approximate surface area is 165 Å². The molecule has 2 aromatic rings. The lowest BCUT2D eigenvalue weighted by molar-refractivity contribution is -0.121. The van der Waals surface area contributed by atoms with Crippen LogP contribution in [0.3, 0.4) is 0 Å². The molecule has 8 heteroatoms. The van der Waals surface area contributed by atoms with Gasteiger partial charge in [-0.05, 0) is 49.2 Å². The first-order valence-electron chi connectivity index (χ1n) is 8.97. The molecule has 2 aromatic carbocycles. The second-order valence-electron chi connectivity index (χ2n) is 6.56. The van der Waals surface area contributed by atoms with Crippen LogP contribution < -0.4 is 10.0 Å². The number of carbonyl (C=O) groups is 1. The first-order chi connectivity index (χ1) is 13.3. The fourth-order valence-corrected chi connectivity index (χ4v) is 3.41. The molecule has 2 rings (SSSR count). The first-order valence-corrected chi connectivity index (χ1v) is 10.5. The molecule has 0 spiro atoms. The molecule has 6 nitrogen and oxygen atoms in total. The van der Waals surface area contributed by atoms with E-state index in [2.05, 4.69) is 10.0 Å². The van der Waals surface area contributed by atoms with Crippen molar-refractivity contribution < 1.29 is 22.3 Å². The van der Waals surface area contributed by atoms with Crippen LogP contribution in [0.4, 0.5) is 4.39 Å². The second-order valence-corrected chi connectivity index (χ2v) is 8.33. The van der Waals surface area contributed by atoms with Crippen molar-refractivity contribution in [2.45, 2.75) is 44.4 Å². The van der Waals surface area contributed by atoms with Crippen LogP contribution in [-0.4, -0.2) is 27.0 Å². The maximum atomic E-state index is 12.9. The normalized spacial score (nSPS) is 11.6. The van der Waals surface area contributed by atoms with Crippen molar-refractivity contribution in [2.24, 2.45) is 0 Å². The minimum Gasteiger partial charge on any atom is -0.374 e. The van der Waals surface area contributed by atoms with Gasteiger partial charge in [0.15, 0.2) is 0 Å². The molecule has 0 bridgehead atoms. The van der Waals surface area contributed by atoms with Crippen LogP contribution >= 0.6 is 0 Å². The van der Waals surface area contributed by atoms with Crippen LogP contribution in [0.25, 0.3) is 0 Å². The highest BCUT2D eigenvalue weighted by Crippen LogP contribution is 2.10. The molecule has 152 valence electrons. The molecule has 0 saturated carbocycles. The Balaban J connectivity index is 1.77. The van der Waals surface area contributed by atoms with Crippen molar-refractivity contribution in [3.05, 3.63) is 65.5 Å². The number of rotatable bonds is 10. The van der Waals surface area contributed by atoms with Gasteiger partial charge in [0.1, 0.15) is 5.82 Å². The number of carbonyl (C=O) groups excluding carboxylic acids is 1. The molecule has 0 saturated heterocycles. The highest BCUT2D eigenvalue weighted by molar-refractivity contribution is 7.89. The van der Waals surface area contributed by atoms with Crippen molar-refractivity contribution in [1.82, 2.24) is 10.0 Å². The summed E-state index contributed by atoms with van der Waals surface area (Å²) in [5, 5.41) is 2.76. The number of amides is 1. The molecule has 0 unspecified atom stereocenters. The highest BCUT2D eigenvalue weighted by Gasteiger charge is 2.14. The Kier molecular flexibility index (Phi) is 8.10. The average molecular weight is 408 g/mol. The van der Waals surface area contributed by atoms with Gasteiger partial charge in [-0.3, -0.25) is 4.79 Å². The van der Waals surface area contributed by atoms with E-state index in [1.165, 1.54) is 12.1 Å². The van der Waals surface area contributed by atoms with E-state index in [4.69, 9.17) is 4.74 Å². The van der Waals surface area contributed by atoms with Crippen molar-refractivity contribution in [1.29, 1.82) is 0 Å². The van der Waals surface area contributed by atoms with E-state index in [0.717, 1.165) is 23.3 Å². The predicted molar refractivity (Wildman–Crippen MR) is 104 cm³/mol. The second kappa shape index (κ2) is 10.3. The summed E-state index contributed by atoms with van der Waals surface area (Å²) in [5.74, 6) is -0.788. The number of benzene rings is 2. The van der Waals surface area contributed by atoms with E-state index >= 15 is 0 Å². The van der Waals surface area contributed by atoms with Gasteiger partial charge in [-0.1, -0.05) is 24.3 Å². The molecule has 0 aliphatic carbocycles. The van der Waals surface area contributed by atoms with Crippen LogP contribution in [0, 0.1) is 5.82 Å². The fourth-order valence-electron chi connectivity index (χ4n) is 2.38. The van der Waals surface area contributed by atoms with Gasteiger partial charge < -0.3 is 10.1 Å². The topological polar surface area (TPSA) is 84.5 Å². The standard InChI is InChI=1S/C20H25FN2O4S/c1-15(2)27-14-17-5-3-4-16(12-17)13-22-20(24)10-11-23-28(25,26)19-8-6-18(21)7-9-19/h3-9,12,15,23H,10-11,13-14H2,1-2H3,(H,22,24). The average Bonchev–Trinajstić information content (AvgIpc) is 2.65. The quantitative estimate of drug-likeness (QED) is 0.633. The number of sulfonamides is 1. The van der Waals surface area contributed by atoms with Gasteiger partial charge in [-0.15, -0.1) is 0 Å². The first kappa shape index (κ1) is 22.0. The summed E-state index contributed by atoms with van der Waals surface area (Å²) in [5.41, 5.74) is 1.96. The summed E-state index contributed by atoms with van der Waals surface area (Å²) in [6.45, 7) is 4.74. The van der Waals surface area contributed by atoms with Crippen molar-refractivity contribution in [2.75, 3.05) is 6.54 Å². The van der Waals surface area contributed by atoms with E-state index in [1.807, 2.05) is 38.1 Å². The van der Waals surface area contributed by atoms with Gasteiger partial charge in [0.25, 0.3) is 0 Å². The summed E-state index contributed by atoms with van der Waals surface area (Å²) < 4.78 is 44.9. The van der Waals surface area contributed by atoms with E-state index in [9.17, 15) is 17.6 Å². The van der Waals surface area contributed by atoms with Gasteiger partial charge >= 0.3 is 0 Å². The number of ether oxygens (including phenoxy) is 1. The Morgan fingerprint density at radius 2 is 1.79 bits per heavy atom. The van der Waals surface area contributed by atoms with Gasteiger partial charge in [-0.25, -0.2) is 17.5 Å². The molecule has 0 radical (unpaired) electrons. The predicted octanol–water partition coefficient (Wildman–Crippen LogP) is 2.74. The summed E-state index contributed by atoms with van der Waals surface area (Å²) in [6, 6.07) is 12.2. The van der Waals surface area contributed by atoms with E-state index in [1.54, 1.807) is 0 Å². The third-order valence-electron chi connectivity index (χ3n) is 3.83. The lowest BCUT2D eigenvalue weighted by Crippen LogP contribution is -2.30. The molecule has 28 heavy (non-hydrogen) atoms. The largest absolute Gasteiger partial charge is 0.374 e. The summed E-state index contributed by atoms with van der Waals surface area (Å²) >= 11 is 0. The lowest BCUT2D eigenvalue weighted by Gasteiger charge is -2.10. The molecular formula is C20H25FN2O4S. The Morgan fingerprint density at radius 1 is 1.11 bits per heavy atom. The number of hydrogen-bond acceptors (Lipinski definition) is 4. The molecular weight excluding hydrogens is 383 g/mol. The summed E-state index contributed by atoms with van der Waals surface area (Å²) in [4.78, 5) is 11.9. The molecule has 2 N–H and O–H groups in total. The molecule has 0 atom stereocenters. The van der Waals surface area contributed by atoms with Crippen LogP contribution in [0.15, 0.2) is 53.4 Å². The Morgan fingerprint density at radius 3 is 2.46 bits per heavy atom. The SMILES string of the molecule is CC(C)OCc1cccc(CNC(=O)CCNS(=O)(=O)c2ccc(F)cc2)c1. The van der Waals surface area contributed by atoms with Crippen molar-refractivity contribution in [3.8, 4) is 0 Å².